The number of aromatic nitrogens is 2. The molecule has 24 heavy (non-hydrogen) atoms. The summed E-state index contributed by atoms with van der Waals surface area (Å²) in [6.07, 6.45) is -2.49. The molecule has 9 heteroatoms. The molecule has 2 atom stereocenters. The van der Waals surface area contributed by atoms with E-state index in [4.69, 9.17) is 0 Å². The number of anilines is 1. The predicted molar refractivity (Wildman–Crippen MR) is 78.5 cm³/mol. The van der Waals surface area contributed by atoms with E-state index in [0.717, 1.165) is 12.1 Å². The number of alkyl halides is 4. The van der Waals surface area contributed by atoms with Crippen molar-refractivity contribution in [2.75, 3.05) is 11.9 Å². The molecule has 5 nitrogen and oxygen atoms in total. The van der Waals surface area contributed by atoms with Gasteiger partial charge in [-0.2, -0.15) is 18.3 Å². The fraction of sp³-hybridized carbons (Fsp3) is 0.333. The maximum absolute atomic E-state index is 13.1. The van der Waals surface area contributed by atoms with E-state index in [2.05, 4.69) is 15.7 Å². The van der Waals surface area contributed by atoms with Gasteiger partial charge in [0.05, 0.1) is 35.4 Å². The van der Waals surface area contributed by atoms with E-state index in [1.54, 1.807) is 0 Å². The largest absolute Gasteiger partial charge is 0.416 e. The van der Waals surface area contributed by atoms with Crippen molar-refractivity contribution in [2.45, 2.75) is 24.8 Å². The number of carbonyl (C=O) groups excluding carboxylic acids is 1. The van der Waals surface area contributed by atoms with Gasteiger partial charge in [-0.15, -0.1) is 0 Å². The molecule has 1 amide bonds. The van der Waals surface area contributed by atoms with Crippen molar-refractivity contribution in [2.24, 2.45) is 0 Å². The van der Waals surface area contributed by atoms with Crippen LogP contribution in [0.25, 0.3) is 5.69 Å². The van der Waals surface area contributed by atoms with E-state index >= 15 is 0 Å². The van der Waals surface area contributed by atoms with Gasteiger partial charge in [0.25, 0.3) is 0 Å². The monoisotopic (exact) mass is 342 g/mol. The quantitative estimate of drug-likeness (QED) is 0.843. The van der Waals surface area contributed by atoms with E-state index < -0.39 is 24.0 Å². The molecule has 2 N–H and O–H groups in total. The van der Waals surface area contributed by atoms with Crippen molar-refractivity contribution in [3.63, 3.8) is 0 Å². The minimum Gasteiger partial charge on any atom is -0.322 e. The van der Waals surface area contributed by atoms with Gasteiger partial charge in [-0.05, 0) is 24.3 Å². The molecule has 1 aromatic carbocycles. The van der Waals surface area contributed by atoms with Gasteiger partial charge in [0.15, 0.2) is 0 Å². The van der Waals surface area contributed by atoms with Crippen LogP contribution in [0, 0.1) is 0 Å². The maximum atomic E-state index is 13.1. The van der Waals surface area contributed by atoms with Crippen LogP contribution in [0.3, 0.4) is 0 Å². The Morgan fingerprint density at radius 2 is 2.00 bits per heavy atom. The van der Waals surface area contributed by atoms with Gasteiger partial charge in [0, 0.05) is 13.0 Å². The summed E-state index contributed by atoms with van der Waals surface area (Å²) in [5.74, 6) is -0.373. The molecular formula is C15H14F4N4O. The van der Waals surface area contributed by atoms with E-state index in [-0.39, 0.29) is 18.9 Å². The van der Waals surface area contributed by atoms with Crippen molar-refractivity contribution >= 4 is 11.6 Å². The van der Waals surface area contributed by atoms with Gasteiger partial charge in [-0.25, -0.2) is 9.07 Å². The Hall–Kier alpha value is -2.42. The SMILES string of the molecule is O=C(Nc1cnn(-c2ccc(C(F)(F)F)cc2)c1)[C@H]1C[C@H](F)CN1. The van der Waals surface area contributed by atoms with Gasteiger partial charge in [-0.3, -0.25) is 4.79 Å². The number of carbonyl (C=O) groups is 1. The van der Waals surface area contributed by atoms with Crippen molar-refractivity contribution < 1.29 is 22.4 Å². The van der Waals surface area contributed by atoms with Crippen LogP contribution in [0.2, 0.25) is 0 Å². The molecule has 3 rings (SSSR count). The third kappa shape index (κ3) is 3.56. The molecule has 0 spiro atoms. The first-order valence-corrected chi connectivity index (χ1v) is 7.23. The van der Waals surface area contributed by atoms with Crippen molar-refractivity contribution in [1.29, 1.82) is 0 Å². The lowest BCUT2D eigenvalue weighted by atomic mass is 10.2. The first kappa shape index (κ1) is 16.4. The Bertz CT molecular complexity index is 726. The van der Waals surface area contributed by atoms with Crippen LogP contribution in [0.5, 0.6) is 0 Å². The Morgan fingerprint density at radius 1 is 1.29 bits per heavy atom. The van der Waals surface area contributed by atoms with Crippen LogP contribution in [-0.4, -0.2) is 34.4 Å². The molecule has 1 fully saturated rings. The van der Waals surface area contributed by atoms with Crippen molar-refractivity contribution in [3.8, 4) is 5.69 Å². The van der Waals surface area contributed by atoms with E-state index in [1.807, 2.05) is 0 Å². The van der Waals surface area contributed by atoms with E-state index in [9.17, 15) is 22.4 Å². The minimum atomic E-state index is -4.40. The highest BCUT2D eigenvalue weighted by molar-refractivity contribution is 5.94. The topological polar surface area (TPSA) is 59.0 Å². The number of hydrogen-bond donors (Lipinski definition) is 2. The van der Waals surface area contributed by atoms with Gasteiger partial charge in [-0.1, -0.05) is 0 Å². The van der Waals surface area contributed by atoms with Gasteiger partial charge in [0.2, 0.25) is 5.91 Å². The Labute approximate surface area is 134 Å². The third-order valence-electron chi connectivity index (χ3n) is 3.70. The minimum absolute atomic E-state index is 0.110. The number of halogens is 4. The number of rotatable bonds is 3. The fourth-order valence-corrected chi connectivity index (χ4v) is 2.45. The molecule has 1 aliphatic heterocycles. The summed E-state index contributed by atoms with van der Waals surface area (Å²) in [7, 11) is 0. The van der Waals surface area contributed by atoms with Crippen LogP contribution in [0.4, 0.5) is 23.2 Å². The smallest absolute Gasteiger partial charge is 0.322 e. The molecule has 0 bridgehead atoms. The number of nitrogens with one attached hydrogen (secondary N) is 2. The molecule has 1 aliphatic rings. The summed E-state index contributed by atoms with van der Waals surface area (Å²) in [4.78, 5) is 12.0. The summed E-state index contributed by atoms with van der Waals surface area (Å²) in [5, 5.41) is 9.36. The second-order valence-electron chi connectivity index (χ2n) is 5.50. The maximum Gasteiger partial charge on any atom is 0.416 e. The molecule has 0 aliphatic carbocycles. The first-order valence-electron chi connectivity index (χ1n) is 7.23. The van der Waals surface area contributed by atoms with Crippen LogP contribution in [-0.2, 0) is 11.0 Å². The molecule has 1 saturated heterocycles. The van der Waals surface area contributed by atoms with Gasteiger partial charge in [0.1, 0.15) is 6.17 Å². The number of amides is 1. The molecule has 1 aromatic heterocycles. The highest BCUT2D eigenvalue weighted by Gasteiger charge is 2.30. The van der Waals surface area contributed by atoms with Crippen LogP contribution in [0.1, 0.15) is 12.0 Å². The predicted octanol–water partition coefficient (Wildman–Crippen LogP) is 2.53. The summed E-state index contributed by atoms with van der Waals surface area (Å²) in [6, 6.07) is 3.88. The summed E-state index contributed by atoms with van der Waals surface area (Å²) < 4.78 is 52.0. The average molecular weight is 342 g/mol. The highest BCUT2D eigenvalue weighted by Crippen LogP contribution is 2.29. The highest BCUT2D eigenvalue weighted by atomic mass is 19.4. The molecule has 128 valence electrons. The zero-order chi connectivity index (χ0) is 17.3. The van der Waals surface area contributed by atoms with E-state index in [1.165, 1.54) is 29.2 Å². The van der Waals surface area contributed by atoms with Crippen molar-refractivity contribution in [3.05, 3.63) is 42.2 Å². The zero-order valence-corrected chi connectivity index (χ0v) is 12.3. The zero-order valence-electron chi connectivity index (χ0n) is 12.3. The second kappa shape index (κ2) is 6.23. The lowest BCUT2D eigenvalue weighted by molar-refractivity contribution is -0.137. The number of nitrogens with zero attached hydrogens (tertiary/aromatic N) is 2. The number of hydrogen-bond acceptors (Lipinski definition) is 3. The van der Waals surface area contributed by atoms with Crippen LogP contribution >= 0.6 is 0 Å². The molecule has 2 aromatic rings. The Morgan fingerprint density at radius 3 is 2.58 bits per heavy atom. The Kier molecular flexibility index (Phi) is 4.27. The first-order chi connectivity index (χ1) is 11.3. The van der Waals surface area contributed by atoms with Crippen molar-refractivity contribution in [1.82, 2.24) is 15.1 Å². The molecule has 2 heterocycles. The molecule has 0 radical (unpaired) electrons. The lowest BCUT2D eigenvalue weighted by Crippen LogP contribution is -2.35. The molecule has 0 unspecified atom stereocenters. The summed E-state index contributed by atoms with van der Waals surface area (Å²) >= 11 is 0. The normalized spacial score (nSPS) is 21.0. The number of benzene rings is 1. The summed E-state index contributed by atoms with van der Waals surface area (Å²) in [6.45, 7) is 0.142. The fourth-order valence-electron chi connectivity index (χ4n) is 2.45. The third-order valence-corrected chi connectivity index (χ3v) is 3.70. The van der Waals surface area contributed by atoms with Gasteiger partial charge < -0.3 is 10.6 Å². The Balaban J connectivity index is 1.68. The lowest BCUT2D eigenvalue weighted by Gasteiger charge is -2.09. The summed E-state index contributed by atoms with van der Waals surface area (Å²) in [5.41, 5.74) is 0.0512. The van der Waals surface area contributed by atoms with Crippen LogP contribution in [0.15, 0.2) is 36.7 Å². The van der Waals surface area contributed by atoms with Gasteiger partial charge >= 0.3 is 6.18 Å². The molecule has 0 saturated carbocycles. The average Bonchev–Trinajstić information content (AvgIpc) is 3.16. The van der Waals surface area contributed by atoms with E-state index in [0.29, 0.717) is 11.4 Å². The standard InChI is InChI=1S/C15H14F4N4O/c16-10-5-13(20-6-10)14(24)22-11-7-21-23(8-11)12-3-1-9(2-4-12)15(17,18)19/h1-4,7-8,10,13,20H,5-6H2,(H,22,24)/t10-,13+/m0/s1. The second-order valence-corrected chi connectivity index (χ2v) is 5.50. The van der Waals surface area contributed by atoms with Crippen LogP contribution < -0.4 is 10.6 Å². The molecular weight excluding hydrogens is 328 g/mol.